The summed E-state index contributed by atoms with van der Waals surface area (Å²) < 4.78 is 0. The Morgan fingerprint density at radius 2 is 1.53 bits per heavy atom. The van der Waals surface area contributed by atoms with Gasteiger partial charge in [-0.25, -0.2) is 0 Å². The number of carbonyl (C=O) groups is 1. The summed E-state index contributed by atoms with van der Waals surface area (Å²) in [5.74, 6) is -0.283. The molecule has 4 aromatic rings. The van der Waals surface area contributed by atoms with Crippen LogP contribution in [0.5, 0.6) is 0 Å². The summed E-state index contributed by atoms with van der Waals surface area (Å²) >= 11 is 1.67. The van der Waals surface area contributed by atoms with Crippen LogP contribution in [-0.2, 0) is 0 Å². The zero-order valence-corrected chi connectivity index (χ0v) is 18.2. The van der Waals surface area contributed by atoms with Gasteiger partial charge in [-0.1, -0.05) is 77.9 Å². The largest absolute Gasteiger partial charge is 0.380 e. The van der Waals surface area contributed by atoms with E-state index in [4.69, 9.17) is 0 Å². The molecule has 1 atom stereocenters. The summed E-state index contributed by atoms with van der Waals surface area (Å²) in [6, 6.07) is 23.6. The molecule has 0 aliphatic carbocycles. The van der Waals surface area contributed by atoms with Crippen LogP contribution < -0.4 is 0 Å². The molecule has 1 N–H and O–H groups in total. The number of rotatable bonds is 5. The van der Waals surface area contributed by atoms with E-state index < -0.39 is 6.10 Å². The van der Waals surface area contributed by atoms with Gasteiger partial charge in [0, 0.05) is 21.6 Å². The topological polar surface area (TPSA) is 37.3 Å². The molecule has 0 radical (unpaired) electrons. The third-order valence-electron chi connectivity index (χ3n) is 5.20. The van der Waals surface area contributed by atoms with Crippen molar-refractivity contribution in [2.45, 2.75) is 26.9 Å². The maximum atomic E-state index is 13.5. The fraction of sp³-hybridized carbons (Fsp3) is 0.148. The van der Waals surface area contributed by atoms with Crippen LogP contribution in [0, 0.1) is 20.8 Å². The molecule has 2 nitrogen and oxygen atoms in total. The lowest BCUT2D eigenvalue weighted by atomic mass is 9.88. The Morgan fingerprint density at radius 3 is 2.17 bits per heavy atom. The molecule has 0 aliphatic rings. The molecule has 0 amide bonds. The number of aryl methyl sites for hydroxylation is 3. The number of hydrogen-bond donors (Lipinski definition) is 1. The fourth-order valence-corrected chi connectivity index (χ4v) is 4.85. The van der Waals surface area contributed by atoms with Crippen LogP contribution in [0.2, 0.25) is 0 Å². The van der Waals surface area contributed by atoms with Crippen molar-refractivity contribution in [3.63, 3.8) is 0 Å². The van der Waals surface area contributed by atoms with Crippen LogP contribution in [0.1, 0.15) is 38.7 Å². The number of ketones is 1. The molecule has 3 heteroatoms. The average molecular weight is 413 g/mol. The standard InChI is InChI=1S/C27H24O2S/c1-17-12-18(2)14-21(13-17)26(28)27(29)23-11-7-10-22(24-15-19(3)16-30-24)25(23)20-8-5-4-6-9-20/h4-16,26,28H,1-3H3. The van der Waals surface area contributed by atoms with E-state index in [0.29, 0.717) is 11.1 Å². The van der Waals surface area contributed by atoms with Gasteiger partial charge in [0.15, 0.2) is 5.78 Å². The number of carbonyl (C=O) groups excluding carboxylic acids is 1. The Balaban J connectivity index is 1.88. The lowest BCUT2D eigenvalue weighted by Crippen LogP contribution is -2.14. The Labute approximate surface area is 181 Å². The number of benzene rings is 3. The lowest BCUT2D eigenvalue weighted by Gasteiger charge is -2.17. The fourth-order valence-electron chi connectivity index (χ4n) is 3.92. The van der Waals surface area contributed by atoms with Crippen LogP contribution in [-0.4, -0.2) is 10.9 Å². The third kappa shape index (κ3) is 4.00. The maximum Gasteiger partial charge on any atom is 0.196 e. The normalized spacial score (nSPS) is 12.0. The summed E-state index contributed by atoms with van der Waals surface area (Å²) in [5.41, 5.74) is 7.28. The van der Waals surface area contributed by atoms with Crippen LogP contribution in [0.15, 0.2) is 78.2 Å². The molecule has 0 spiro atoms. The maximum absolute atomic E-state index is 13.5. The lowest BCUT2D eigenvalue weighted by molar-refractivity contribution is 0.0748. The first-order chi connectivity index (χ1) is 14.4. The van der Waals surface area contributed by atoms with E-state index in [2.05, 4.69) is 18.4 Å². The highest BCUT2D eigenvalue weighted by Crippen LogP contribution is 2.39. The molecule has 3 aromatic carbocycles. The van der Waals surface area contributed by atoms with Crippen LogP contribution in [0.25, 0.3) is 21.6 Å². The van der Waals surface area contributed by atoms with E-state index in [0.717, 1.165) is 32.7 Å². The van der Waals surface area contributed by atoms with Crippen LogP contribution in [0.3, 0.4) is 0 Å². The number of Topliss-reactive ketones (excluding diaryl/α,β-unsaturated/α-hetero) is 1. The monoisotopic (exact) mass is 412 g/mol. The van der Waals surface area contributed by atoms with Gasteiger partial charge in [0.2, 0.25) is 0 Å². The molecule has 0 aliphatic heterocycles. The van der Waals surface area contributed by atoms with Gasteiger partial charge >= 0.3 is 0 Å². The second-order valence-electron chi connectivity index (χ2n) is 7.77. The predicted molar refractivity (Wildman–Crippen MR) is 125 cm³/mol. The van der Waals surface area contributed by atoms with Gasteiger partial charge < -0.3 is 5.11 Å². The molecule has 150 valence electrons. The first-order valence-corrected chi connectivity index (χ1v) is 10.9. The Kier molecular flexibility index (Phi) is 5.67. The van der Waals surface area contributed by atoms with Crippen molar-refractivity contribution in [2.24, 2.45) is 0 Å². The highest BCUT2D eigenvalue weighted by atomic mass is 32.1. The molecular formula is C27H24O2S. The van der Waals surface area contributed by atoms with E-state index in [-0.39, 0.29) is 5.78 Å². The summed E-state index contributed by atoms with van der Waals surface area (Å²) in [6.45, 7) is 6.02. The first-order valence-electron chi connectivity index (χ1n) is 9.98. The first kappa shape index (κ1) is 20.3. The molecule has 1 heterocycles. The third-order valence-corrected chi connectivity index (χ3v) is 6.28. The van der Waals surface area contributed by atoms with E-state index in [1.807, 2.05) is 80.6 Å². The molecule has 1 unspecified atom stereocenters. The Morgan fingerprint density at radius 1 is 0.833 bits per heavy atom. The minimum atomic E-state index is -1.20. The number of thiophene rings is 1. The van der Waals surface area contributed by atoms with Gasteiger partial charge in [-0.2, -0.15) is 0 Å². The molecule has 0 saturated heterocycles. The zero-order chi connectivity index (χ0) is 21.3. The van der Waals surface area contributed by atoms with E-state index in [1.54, 1.807) is 11.3 Å². The van der Waals surface area contributed by atoms with Gasteiger partial charge in [-0.15, -0.1) is 11.3 Å². The van der Waals surface area contributed by atoms with Crippen LogP contribution >= 0.6 is 11.3 Å². The number of aliphatic hydroxyl groups is 1. The van der Waals surface area contributed by atoms with Gasteiger partial charge in [0.05, 0.1) is 0 Å². The molecular weight excluding hydrogens is 388 g/mol. The quantitative estimate of drug-likeness (QED) is 0.361. The second kappa shape index (κ2) is 8.39. The van der Waals surface area contributed by atoms with Gasteiger partial charge in [-0.05, 0) is 48.9 Å². The van der Waals surface area contributed by atoms with Crippen molar-refractivity contribution in [2.75, 3.05) is 0 Å². The van der Waals surface area contributed by atoms with Crippen molar-refractivity contribution >= 4 is 17.1 Å². The highest BCUT2D eigenvalue weighted by molar-refractivity contribution is 7.13. The van der Waals surface area contributed by atoms with Crippen LogP contribution in [0.4, 0.5) is 0 Å². The molecule has 30 heavy (non-hydrogen) atoms. The highest BCUT2D eigenvalue weighted by Gasteiger charge is 2.25. The molecule has 0 fully saturated rings. The minimum Gasteiger partial charge on any atom is -0.380 e. The number of aliphatic hydroxyl groups excluding tert-OH is 1. The summed E-state index contributed by atoms with van der Waals surface area (Å²) in [5, 5.41) is 13.1. The Hall–Kier alpha value is -3.01. The zero-order valence-electron chi connectivity index (χ0n) is 17.3. The summed E-state index contributed by atoms with van der Waals surface area (Å²) in [4.78, 5) is 14.6. The summed E-state index contributed by atoms with van der Waals surface area (Å²) in [7, 11) is 0. The second-order valence-corrected chi connectivity index (χ2v) is 8.68. The molecule has 0 bridgehead atoms. The molecule has 1 aromatic heterocycles. The van der Waals surface area contributed by atoms with Gasteiger partial charge in [-0.3, -0.25) is 4.79 Å². The van der Waals surface area contributed by atoms with Crippen molar-refractivity contribution in [1.82, 2.24) is 0 Å². The minimum absolute atomic E-state index is 0.283. The molecule has 0 saturated carbocycles. The Bertz CT molecular complexity index is 1180. The van der Waals surface area contributed by atoms with E-state index in [9.17, 15) is 9.90 Å². The van der Waals surface area contributed by atoms with Crippen molar-refractivity contribution in [1.29, 1.82) is 0 Å². The predicted octanol–water partition coefficient (Wildman–Crippen LogP) is 6.92. The smallest absolute Gasteiger partial charge is 0.196 e. The SMILES string of the molecule is Cc1cc(C)cc(C(O)C(=O)c2cccc(-c3cc(C)cs3)c2-c2ccccc2)c1. The van der Waals surface area contributed by atoms with Crippen molar-refractivity contribution in [3.05, 3.63) is 106 Å². The number of hydrogen-bond acceptors (Lipinski definition) is 3. The molecule has 4 rings (SSSR count). The average Bonchev–Trinajstić information content (AvgIpc) is 3.18. The van der Waals surface area contributed by atoms with Crippen molar-refractivity contribution in [3.8, 4) is 21.6 Å². The van der Waals surface area contributed by atoms with E-state index >= 15 is 0 Å². The van der Waals surface area contributed by atoms with Crippen molar-refractivity contribution < 1.29 is 9.90 Å². The van der Waals surface area contributed by atoms with E-state index in [1.165, 1.54) is 5.56 Å². The van der Waals surface area contributed by atoms with Gasteiger partial charge in [0.25, 0.3) is 0 Å². The summed E-state index contributed by atoms with van der Waals surface area (Å²) in [6.07, 6.45) is -1.20. The van der Waals surface area contributed by atoms with Gasteiger partial charge in [0.1, 0.15) is 6.10 Å².